The summed E-state index contributed by atoms with van der Waals surface area (Å²) in [6.45, 7) is 4.96. The molecule has 92 heavy (non-hydrogen) atoms. The van der Waals surface area contributed by atoms with Gasteiger partial charge in [-0.05, 0) is 44.9 Å². The Bertz CT molecular complexity index is 1560. The number of aliphatic carboxylic acids is 1. The number of allylic oxidation sites excluding steroid dienone is 4. The van der Waals surface area contributed by atoms with Crippen LogP contribution in [0.25, 0.3) is 0 Å². The SMILES string of the molecule is CCCCCCC/C=C\C/C=C\CCCCCCCCCCCCCCCCCCCCCCCC(=O)OC(COC(=O)CCCCCCCCCCCCCCCCCCCCCCCCCCCCCCCCCCCC)COC(OCC[N+](C)(C)C)C(=O)O. The number of carboxylic acid groups (broad SMARTS) is 1. The summed E-state index contributed by atoms with van der Waals surface area (Å²) in [6, 6.07) is 0. The van der Waals surface area contributed by atoms with E-state index in [2.05, 4.69) is 38.2 Å². The Morgan fingerprint density at radius 1 is 0.326 bits per heavy atom. The lowest BCUT2D eigenvalue weighted by Crippen LogP contribution is -2.40. The lowest BCUT2D eigenvalue weighted by molar-refractivity contribution is -0.870. The summed E-state index contributed by atoms with van der Waals surface area (Å²) < 4.78 is 23.1. The van der Waals surface area contributed by atoms with E-state index >= 15 is 0 Å². The van der Waals surface area contributed by atoms with Gasteiger partial charge in [0.05, 0.1) is 34.4 Å². The number of nitrogens with zero attached hydrogens (tertiary/aromatic N) is 1. The van der Waals surface area contributed by atoms with Crippen LogP contribution in [0, 0.1) is 0 Å². The predicted octanol–water partition coefficient (Wildman–Crippen LogP) is 26.1. The van der Waals surface area contributed by atoms with Gasteiger partial charge in [-0.3, -0.25) is 9.59 Å². The first-order valence-corrected chi connectivity index (χ1v) is 41.0. The number of esters is 2. The molecule has 9 heteroatoms. The molecule has 0 heterocycles. The summed E-state index contributed by atoms with van der Waals surface area (Å²) in [5.41, 5.74) is 0. The minimum atomic E-state index is -1.51. The maximum atomic E-state index is 13.0. The van der Waals surface area contributed by atoms with Gasteiger partial charge in [0.2, 0.25) is 0 Å². The zero-order valence-corrected chi connectivity index (χ0v) is 62.5. The molecule has 544 valence electrons. The van der Waals surface area contributed by atoms with Gasteiger partial charge in [0, 0.05) is 12.8 Å². The van der Waals surface area contributed by atoms with Crippen LogP contribution in [-0.2, 0) is 33.3 Å². The number of likely N-dealkylation sites (N-methyl/N-ethyl adjacent to an activating group) is 1. The third-order valence-corrected chi connectivity index (χ3v) is 19.0. The predicted molar refractivity (Wildman–Crippen MR) is 397 cm³/mol. The second kappa shape index (κ2) is 74.6. The molecule has 0 spiro atoms. The molecule has 2 atom stereocenters. The molecule has 1 N–H and O–H groups in total. The number of hydrogen-bond donors (Lipinski definition) is 1. The smallest absolute Gasteiger partial charge is 0.361 e. The highest BCUT2D eigenvalue weighted by Crippen LogP contribution is 2.20. The number of unbranched alkanes of at least 4 members (excludes halogenated alkanes) is 59. The van der Waals surface area contributed by atoms with Crippen molar-refractivity contribution >= 4 is 17.9 Å². The molecule has 0 aliphatic heterocycles. The average molecular weight is 1300 g/mol. The summed E-state index contributed by atoms with van der Waals surface area (Å²) in [5.74, 6) is -1.97. The fraction of sp³-hybridized carbons (Fsp3) is 0.916. The van der Waals surface area contributed by atoms with Crippen LogP contribution < -0.4 is 0 Å². The van der Waals surface area contributed by atoms with Gasteiger partial charge in [0.1, 0.15) is 13.2 Å². The minimum absolute atomic E-state index is 0.174. The summed E-state index contributed by atoms with van der Waals surface area (Å²) >= 11 is 0. The van der Waals surface area contributed by atoms with E-state index in [0.29, 0.717) is 17.4 Å². The number of rotatable bonds is 78. The number of carboxylic acids is 1. The van der Waals surface area contributed by atoms with Crippen LogP contribution in [0.3, 0.4) is 0 Å². The maximum Gasteiger partial charge on any atom is 0.361 e. The molecule has 0 saturated carbocycles. The molecule has 9 nitrogen and oxygen atoms in total. The maximum absolute atomic E-state index is 13.0. The first kappa shape index (κ1) is 89.8. The van der Waals surface area contributed by atoms with E-state index in [4.69, 9.17) is 18.9 Å². The molecule has 0 fully saturated rings. The fourth-order valence-electron chi connectivity index (χ4n) is 12.7. The summed E-state index contributed by atoms with van der Waals surface area (Å²) in [5, 5.41) is 9.78. The monoisotopic (exact) mass is 1300 g/mol. The molecule has 0 radical (unpaired) electrons. The largest absolute Gasteiger partial charge is 0.477 e. The van der Waals surface area contributed by atoms with E-state index in [-0.39, 0.29) is 38.2 Å². The average Bonchev–Trinajstić information content (AvgIpc) is 3.69. The highest BCUT2D eigenvalue weighted by Gasteiger charge is 2.25. The molecule has 0 bridgehead atoms. The first-order valence-electron chi connectivity index (χ1n) is 41.0. The second-order valence-electron chi connectivity index (χ2n) is 29.4. The zero-order valence-electron chi connectivity index (χ0n) is 62.5. The summed E-state index contributed by atoms with van der Waals surface area (Å²) in [4.78, 5) is 37.7. The highest BCUT2D eigenvalue weighted by molar-refractivity contribution is 5.71. The van der Waals surface area contributed by atoms with Crippen LogP contribution in [-0.4, -0.2) is 87.4 Å². The van der Waals surface area contributed by atoms with Gasteiger partial charge in [-0.1, -0.05) is 398 Å². The van der Waals surface area contributed by atoms with Gasteiger partial charge in [-0.15, -0.1) is 0 Å². The number of hydrogen-bond acceptors (Lipinski definition) is 7. The number of quaternary nitrogens is 1. The van der Waals surface area contributed by atoms with Crippen molar-refractivity contribution in [1.29, 1.82) is 0 Å². The number of carbonyl (C=O) groups excluding carboxylic acids is 2. The molecule has 0 amide bonds. The lowest BCUT2D eigenvalue weighted by Gasteiger charge is -2.25. The van der Waals surface area contributed by atoms with E-state index < -0.39 is 18.4 Å². The summed E-state index contributed by atoms with van der Waals surface area (Å²) in [7, 11) is 6.00. The molecule has 0 aromatic carbocycles. The van der Waals surface area contributed by atoms with Gasteiger partial charge in [0.15, 0.2) is 6.10 Å². The van der Waals surface area contributed by atoms with Crippen molar-refractivity contribution in [3.8, 4) is 0 Å². The fourth-order valence-corrected chi connectivity index (χ4v) is 12.7. The Morgan fingerprint density at radius 2 is 0.587 bits per heavy atom. The Balaban J connectivity index is 3.95. The number of carbonyl (C=O) groups is 3. The normalized spacial score (nSPS) is 12.7. The van der Waals surface area contributed by atoms with Crippen LogP contribution >= 0.6 is 0 Å². The van der Waals surface area contributed by atoms with Gasteiger partial charge in [-0.2, -0.15) is 0 Å². The Labute approximate surface area is 573 Å². The lowest BCUT2D eigenvalue weighted by atomic mass is 10.0. The van der Waals surface area contributed by atoms with Crippen molar-refractivity contribution in [1.82, 2.24) is 0 Å². The minimum Gasteiger partial charge on any atom is -0.477 e. The topological polar surface area (TPSA) is 108 Å². The molecule has 0 aliphatic rings. The Kier molecular flexibility index (Phi) is 72.8. The van der Waals surface area contributed by atoms with E-state index in [1.807, 2.05) is 21.1 Å². The van der Waals surface area contributed by atoms with Crippen LogP contribution in [0.15, 0.2) is 24.3 Å². The molecular weight excluding hydrogens is 1140 g/mol. The molecule has 0 saturated heterocycles. The van der Waals surface area contributed by atoms with Crippen LogP contribution in [0.1, 0.15) is 431 Å². The van der Waals surface area contributed by atoms with Crippen molar-refractivity contribution in [2.75, 3.05) is 47.5 Å². The van der Waals surface area contributed by atoms with Gasteiger partial charge in [-0.25, -0.2) is 4.79 Å². The van der Waals surface area contributed by atoms with E-state index in [1.165, 1.54) is 360 Å². The van der Waals surface area contributed by atoms with E-state index in [1.54, 1.807) is 0 Å². The highest BCUT2D eigenvalue weighted by atomic mass is 16.7. The van der Waals surface area contributed by atoms with E-state index in [9.17, 15) is 19.5 Å². The number of ether oxygens (including phenoxy) is 4. The van der Waals surface area contributed by atoms with Crippen molar-refractivity contribution in [3.63, 3.8) is 0 Å². The van der Waals surface area contributed by atoms with Crippen LogP contribution in [0.2, 0.25) is 0 Å². The molecule has 2 unspecified atom stereocenters. The molecule has 0 aliphatic carbocycles. The quantitative estimate of drug-likeness (QED) is 0.0211. The third-order valence-electron chi connectivity index (χ3n) is 19.0. The van der Waals surface area contributed by atoms with Crippen LogP contribution in [0.5, 0.6) is 0 Å². The van der Waals surface area contributed by atoms with Crippen molar-refractivity contribution in [2.24, 2.45) is 0 Å². The van der Waals surface area contributed by atoms with Gasteiger partial charge < -0.3 is 28.5 Å². The molecule has 0 aromatic heterocycles. The molecule has 0 rings (SSSR count). The van der Waals surface area contributed by atoms with Gasteiger partial charge in [0.25, 0.3) is 6.29 Å². The third kappa shape index (κ3) is 75.2. The Hall–Kier alpha value is -2.23. The summed E-state index contributed by atoms with van der Waals surface area (Å²) in [6.07, 6.45) is 92.1. The standard InChI is InChI=1S/C83H159NO8/c1-6-8-10-12-14-16-18-20-22-24-26-28-30-32-34-36-38-40-42-43-45-47-49-51-53-55-57-59-61-63-65-67-69-71-73-80(85)90-77-79(78-91-83(82(87)88)89-76-75-84(3,4)5)92-81(86)74-72-70-68-66-64-62-60-58-56-54-52-50-48-46-44-41-39-37-35-33-31-29-27-25-23-21-19-17-15-13-11-9-7-2/h19,21,25,27,79,83H,6-18,20,22-24,26,28-78H2,1-5H3/p+1/b21-19-,27-25-. The van der Waals surface area contributed by atoms with Crippen molar-refractivity contribution in [3.05, 3.63) is 24.3 Å². The Morgan fingerprint density at radius 3 is 0.859 bits per heavy atom. The van der Waals surface area contributed by atoms with Crippen LogP contribution in [0.4, 0.5) is 0 Å². The van der Waals surface area contributed by atoms with Crippen molar-refractivity contribution < 1.29 is 42.9 Å². The van der Waals surface area contributed by atoms with Crippen molar-refractivity contribution in [2.45, 2.75) is 444 Å². The van der Waals surface area contributed by atoms with Gasteiger partial charge >= 0.3 is 17.9 Å². The first-order chi connectivity index (χ1) is 45.1. The zero-order chi connectivity index (χ0) is 66.8. The second-order valence-corrected chi connectivity index (χ2v) is 29.4. The molecular formula is C83H160NO8+. The van der Waals surface area contributed by atoms with E-state index in [0.717, 1.165) is 44.9 Å². The molecule has 0 aromatic rings.